The molecule has 6 heteroatoms. The number of nitrogens with zero attached hydrogens (tertiary/aromatic N) is 3. The van der Waals surface area contributed by atoms with Gasteiger partial charge in [0, 0.05) is 24.6 Å². The second kappa shape index (κ2) is 6.90. The summed E-state index contributed by atoms with van der Waals surface area (Å²) in [5, 5.41) is 12.7. The van der Waals surface area contributed by atoms with Gasteiger partial charge in [-0.2, -0.15) is 5.26 Å². The zero-order chi connectivity index (χ0) is 15.4. The van der Waals surface area contributed by atoms with E-state index in [1.54, 1.807) is 30.6 Å². The van der Waals surface area contributed by atoms with Gasteiger partial charge in [-0.1, -0.05) is 11.6 Å². The number of anilines is 1. The van der Waals surface area contributed by atoms with E-state index in [9.17, 15) is 5.26 Å². The number of halogens is 1. The Morgan fingerprint density at radius 2 is 2.29 bits per heavy atom. The summed E-state index contributed by atoms with van der Waals surface area (Å²) in [6.45, 7) is 2.60. The largest absolute Gasteiger partial charge is 0.375 e. The van der Waals surface area contributed by atoms with Crippen LogP contribution in [0.1, 0.15) is 29.3 Å². The summed E-state index contributed by atoms with van der Waals surface area (Å²) >= 11 is 7.50. The third-order valence-corrected chi connectivity index (χ3v) is 4.45. The topological polar surface area (TPSA) is 49.1 Å². The van der Waals surface area contributed by atoms with Crippen LogP contribution in [-0.4, -0.2) is 19.1 Å². The molecule has 0 N–H and O–H groups in total. The molecule has 1 atom stereocenters. The summed E-state index contributed by atoms with van der Waals surface area (Å²) in [5.41, 5.74) is 2.36. The van der Waals surface area contributed by atoms with Gasteiger partial charge < -0.3 is 9.64 Å². The van der Waals surface area contributed by atoms with Crippen LogP contribution in [0.4, 0.5) is 5.69 Å². The molecule has 2 rings (SSSR count). The summed E-state index contributed by atoms with van der Waals surface area (Å²) in [7, 11) is 3.60. The van der Waals surface area contributed by atoms with Gasteiger partial charge >= 0.3 is 0 Å². The second-order valence-electron chi connectivity index (χ2n) is 4.68. The highest BCUT2D eigenvalue weighted by atomic mass is 35.5. The van der Waals surface area contributed by atoms with E-state index in [4.69, 9.17) is 16.3 Å². The number of thiazole rings is 1. The van der Waals surface area contributed by atoms with Crippen molar-refractivity contribution in [3.8, 4) is 6.07 Å². The van der Waals surface area contributed by atoms with Crippen LogP contribution in [0.15, 0.2) is 23.6 Å². The molecule has 4 nitrogen and oxygen atoms in total. The molecule has 110 valence electrons. The van der Waals surface area contributed by atoms with Crippen molar-refractivity contribution in [3.05, 3.63) is 44.9 Å². The smallest absolute Gasteiger partial charge is 0.122 e. The van der Waals surface area contributed by atoms with Crippen molar-refractivity contribution in [2.24, 2.45) is 0 Å². The number of rotatable bonds is 5. The maximum absolute atomic E-state index is 9.20. The Kier molecular flexibility index (Phi) is 5.18. The Morgan fingerprint density at radius 1 is 1.52 bits per heavy atom. The van der Waals surface area contributed by atoms with Crippen LogP contribution in [0, 0.1) is 11.3 Å². The van der Waals surface area contributed by atoms with E-state index < -0.39 is 0 Å². The Labute approximate surface area is 133 Å². The lowest BCUT2D eigenvalue weighted by atomic mass is 10.2. The Bertz CT molecular complexity index is 665. The molecular formula is C15H16ClN3OS. The molecule has 0 amide bonds. The number of nitriles is 1. The monoisotopic (exact) mass is 321 g/mol. The van der Waals surface area contributed by atoms with Gasteiger partial charge in [0.2, 0.25) is 0 Å². The minimum Gasteiger partial charge on any atom is -0.375 e. The van der Waals surface area contributed by atoms with Crippen molar-refractivity contribution in [2.45, 2.75) is 19.6 Å². The first-order chi connectivity index (χ1) is 10.0. The normalized spacial score (nSPS) is 12.0. The molecule has 0 fully saturated rings. The highest BCUT2D eigenvalue weighted by Crippen LogP contribution is 2.25. The fourth-order valence-electron chi connectivity index (χ4n) is 1.94. The molecule has 1 heterocycles. The average Bonchev–Trinajstić information content (AvgIpc) is 2.94. The van der Waals surface area contributed by atoms with E-state index in [1.807, 2.05) is 30.3 Å². The van der Waals surface area contributed by atoms with E-state index in [1.165, 1.54) is 0 Å². The van der Waals surface area contributed by atoms with Crippen LogP contribution in [0.5, 0.6) is 0 Å². The van der Waals surface area contributed by atoms with Gasteiger partial charge in [0.15, 0.2) is 0 Å². The highest BCUT2D eigenvalue weighted by molar-refractivity contribution is 7.09. The zero-order valence-corrected chi connectivity index (χ0v) is 13.7. The molecule has 0 radical (unpaired) electrons. The standard InChI is InChI=1S/C15H16ClN3OS/c1-10(20-3)15-18-13(9-21-15)8-19(2)14-5-4-12(16)6-11(14)7-17/h4-6,9-10H,8H2,1-3H3. The molecule has 1 aromatic carbocycles. The number of hydrogen-bond acceptors (Lipinski definition) is 5. The SMILES string of the molecule is COC(C)c1nc(CN(C)c2ccc(Cl)cc2C#N)cs1. The lowest BCUT2D eigenvalue weighted by molar-refractivity contribution is 0.119. The number of benzene rings is 1. The molecule has 21 heavy (non-hydrogen) atoms. The third kappa shape index (κ3) is 3.73. The predicted molar refractivity (Wildman–Crippen MR) is 85.8 cm³/mol. The van der Waals surface area contributed by atoms with E-state index in [0.29, 0.717) is 17.1 Å². The highest BCUT2D eigenvalue weighted by Gasteiger charge is 2.13. The van der Waals surface area contributed by atoms with Crippen molar-refractivity contribution < 1.29 is 4.74 Å². The molecule has 0 spiro atoms. The van der Waals surface area contributed by atoms with Gasteiger partial charge in [0.05, 0.1) is 23.5 Å². The summed E-state index contributed by atoms with van der Waals surface area (Å²) in [4.78, 5) is 6.55. The quantitative estimate of drug-likeness (QED) is 0.834. The zero-order valence-electron chi connectivity index (χ0n) is 12.1. The van der Waals surface area contributed by atoms with Crippen molar-refractivity contribution in [1.82, 2.24) is 4.98 Å². The first kappa shape index (κ1) is 15.8. The second-order valence-corrected chi connectivity index (χ2v) is 6.01. The first-order valence-electron chi connectivity index (χ1n) is 6.43. The fraction of sp³-hybridized carbons (Fsp3) is 0.333. The van der Waals surface area contributed by atoms with Crippen molar-refractivity contribution in [2.75, 3.05) is 19.1 Å². The number of hydrogen-bond donors (Lipinski definition) is 0. The van der Waals surface area contributed by atoms with Gasteiger partial charge in [-0.15, -0.1) is 11.3 Å². The lowest BCUT2D eigenvalue weighted by Crippen LogP contribution is -2.17. The molecule has 0 saturated carbocycles. The van der Waals surface area contributed by atoms with Crippen LogP contribution in [-0.2, 0) is 11.3 Å². The fourth-order valence-corrected chi connectivity index (χ4v) is 2.96. The lowest BCUT2D eigenvalue weighted by Gasteiger charge is -2.19. The number of ether oxygens (including phenoxy) is 1. The van der Waals surface area contributed by atoms with E-state index in [-0.39, 0.29) is 6.10 Å². The van der Waals surface area contributed by atoms with Crippen LogP contribution in [0.25, 0.3) is 0 Å². The molecule has 0 aliphatic rings. The summed E-state index contributed by atoms with van der Waals surface area (Å²) in [5.74, 6) is 0. The Balaban J connectivity index is 2.17. The van der Waals surface area contributed by atoms with Gasteiger partial charge in [-0.3, -0.25) is 0 Å². The van der Waals surface area contributed by atoms with Gasteiger partial charge in [-0.25, -0.2) is 4.98 Å². The van der Waals surface area contributed by atoms with Crippen LogP contribution in [0.3, 0.4) is 0 Å². The van der Waals surface area contributed by atoms with E-state index in [2.05, 4.69) is 11.1 Å². The summed E-state index contributed by atoms with van der Waals surface area (Å²) in [6.07, 6.45) is -0.000688. The molecular weight excluding hydrogens is 306 g/mol. The van der Waals surface area contributed by atoms with Crippen molar-refractivity contribution in [3.63, 3.8) is 0 Å². The first-order valence-corrected chi connectivity index (χ1v) is 7.68. The minimum atomic E-state index is -0.000688. The maximum Gasteiger partial charge on any atom is 0.122 e. The summed E-state index contributed by atoms with van der Waals surface area (Å²) < 4.78 is 5.27. The molecule has 1 unspecified atom stereocenters. The van der Waals surface area contributed by atoms with Gasteiger partial charge in [-0.05, 0) is 25.1 Å². The maximum atomic E-state index is 9.20. The van der Waals surface area contributed by atoms with Gasteiger partial charge in [0.1, 0.15) is 17.2 Å². The number of aromatic nitrogens is 1. The van der Waals surface area contributed by atoms with Gasteiger partial charge in [0.25, 0.3) is 0 Å². The molecule has 0 aliphatic carbocycles. The molecule has 0 saturated heterocycles. The van der Waals surface area contributed by atoms with E-state index >= 15 is 0 Å². The molecule has 1 aromatic heterocycles. The molecule has 0 aliphatic heterocycles. The van der Waals surface area contributed by atoms with Crippen LogP contribution < -0.4 is 4.90 Å². The van der Waals surface area contributed by atoms with Crippen molar-refractivity contribution in [1.29, 1.82) is 5.26 Å². The van der Waals surface area contributed by atoms with Crippen molar-refractivity contribution >= 4 is 28.6 Å². The predicted octanol–water partition coefficient (Wildman–Crippen LogP) is 4.01. The van der Waals surface area contributed by atoms with E-state index in [0.717, 1.165) is 16.4 Å². The molecule has 2 aromatic rings. The summed E-state index contributed by atoms with van der Waals surface area (Å²) in [6, 6.07) is 7.48. The third-order valence-electron chi connectivity index (χ3n) is 3.16. The van der Waals surface area contributed by atoms with Crippen LogP contribution >= 0.6 is 22.9 Å². The molecule has 0 bridgehead atoms. The van der Waals surface area contributed by atoms with Crippen LogP contribution in [0.2, 0.25) is 5.02 Å². The Hall–Kier alpha value is -1.61. The average molecular weight is 322 g/mol. The number of methoxy groups -OCH3 is 1. The minimum absolute atomic E-state index is 0.000688. The Morgan fingerprint density at radius 3 is 2.95 bits per heavy atom.